The lowest BCUT2D eigenvalue weighted by atomic mass is 9.86. The Labute approximate surface area is 96.2 Å². The van der Waals surface area contributed by atoms with Crippen molar-refractivity contribution in [1.29, 1.82) is 0 Å². The fourth-order valence-corrected chi connectivity index (χ4v) is 1.74. The van der Waals surface area contributed by atoms with E-state index >= 15 is 0 Å². The zero-order chi connectivity index (χ0) is 12.1. The highest BCUT2D eigenvalue weighted by Crippen LogP contribution is 2.22. The number of rotatable bonds is 7. The van der Waals surface area contributed by atoms with Gasteiger partial charge >= 0.3 is 0 Å². The maximum atomic E-state index is 5.87. The van der Waals surface area contributed by atoms with Crippen molar-refractivity contribution in [3.63, 3.8) is 0 Å². The molecule has 2 N–H and O–H groups in total. The average Bonchev–Trinajstić information content (AvgIpc) is 2.16. The van der Waals surface area contributed by atoms with Gasteiger partial charge in [0, 0.05) is 19.1 Å². The minimum absolute atomic E-state index is 0.277. The van der Waals surface area contributed by atoms with Crippen LogP contribution in [0.25, 0.3) is 0 Å². The molecule has 0 aromatic heterocycles. The molecule has 0 spiro atoms. The molecule has 0 amide bonds. The van der Waals surface area contributed by atoms with Crippen molar-refractivity contribution in [3.8, 4) is 0 Å². The minimum atomic E-state index is 0.277. The first kappa shape index (κ1) is 14.9. The topological polar surface area (TPSA) is 29.3 Å². The second-order valence-corrected chi connectivity index (χ2v) is 5.79. The van der Waals surface area contributed by atoms with Crippen molar-refractivity contribution < 1.29 is 0 Å². The molecule has 2 nitrogen and oxygen atoms in total. The zero-order valence-electron chi connectivity index (χ0n) is 11.5. The standard InChI is InChI=1S/C13H30N2/c1-7-13(6,9-14)10-15(12(4)5)8-11(2)3/h11-12H,7-10,14H2,1-6H3. The maximum absolute atomic E-state index is 5.87. The van der Waals surface area contributed by atoms with Gasteiger partial charge in [0.1, 0.15) is 0 Å². The van der Waals surface area contributed by atoms with Crippen molar-refractivity contribution in [3.05, 3.63) is 0 Å². The first-order valence-electron chi connectivity index (χ1n) is 6.28. The van der Waals surface area contributed by atoms with Crippen LogP contribution in [0.3, 0.4) is 0 Å². The summed E-state index contributed by atoms with van der Waals surface area (Å²) < 4.78 is 0. The Balaban J connectivity index is 4.38. The predicted molar refractivity (Wildman–Crippen MR) is 69.0 cm³/mol. The summed E-state index contributed by atoms with van der Waals surface area (Å²) >= 11 is 0. The van der Waals surface area contributed by atoms with E-state index in [9.17, 15) is 0 Å². The van der Waals surface area contributed by atoms with Gasteiger partial charge in [-0.25, -0.2) is 0 Å². The van der Waals surface area contributed by atoms with Crippen LogP contribution >= 0.6 is 0 Å². The minimum Gasteiger partial charge on any atom is -0.330 e. The van der Waals surface area contributed by atoms with E-state index in [2.05, 4.69) is 46.4 Å². The molecule has 1 unspecified atom stereocenters. The molecule has 0 radical (unpaired) electrons. The van der Waals surface area contributed by atoms with Crippen LogP contribution in [0.5, 0.6) is 0 Å². The monoisotopic (exact) mass is 214 g/mol. The Morgan fingerprint density at radius 3 is 2.00 bits per heavy atom. The van der Waals surface area contributed by atoms with Gasteiger partial charge in [0.05, 0.1) is 0 Å². The molecule has 0 heterocycles. The molecule has 1 atom stereocenters. The van der Waals surface area contributed by atoms with Crippen molar-refractivity contribution in [2.75, 3.05) is 19.6 Å². The highest BCUT2D eigenvalue weighted by molar-refractivity contribution is 4.80. The van der Waals surface area contributed by atoms with E-state index in [-0.39, 0.29) is 5.41 Å². The summed E-state index contributed by atoms with van der Waals surface area (Å²) in [5, 5.41) is 0. The van der Waals surface area contributed by atoms with Crippen molar-refractivity contribution in [1.82, 2.24) is 4.90 Å². The van der Waals surface area contributed by atoms with Gasteiger partial charge in [-0.1, -0.05) is 27.7 Å². The van der Waals surface area contributed by atoms with Crippen LogP contribution < -0.4 is 5.73 Å². The summed E-state index contributed by atoms with van der Waals surface area (Å²) in [5.74, 6) is 0.728. The van der Waals surface area contributed by atoms with E-state index in [0.717, 1.165) is 25.4 Å². The SMILES string of the molecule is CCC(C)(CN)CN(CC(C)C)C(C)C. The van der Waals surface area contributed by atoms with Gasteiger partial charge in [-0.3, -0.25) is 0 Å². The van der Waals surface area contributed by atoms with Gasteiger partial charge in [-0.2, -0.15) is 0 Å². The Bertz CT molecular complexity index is 160. The molecule has 0 aliphatic rings. The molecule has 92 valence electrons. The summed E-state index contributed by atoms with van der Waals surface area (Å²) in [4.78, 5) is 2.56. The average molecular weight is 214 g/mol. The van der Waals surface area contributed by atoms with Gasteiger partial charge in [0.15, 0.2) is 0 Å². The summed E-state index contributed by atoms with van der Waals surface area (Å²) in [7, 11) is 0. The molecule has 0 aliphatic heterocycles. The van der Waals surface area contributed by atoms with Crippen LogP contribution in [0.2, 0.25) is 0 Å². The molecule has 0 aromatic carbocycles. The molecule has 0 rings (SSSR count). The van der Waals surface area contributed by atoms with Gasteiger partial charge < -0.3 is 10.6 Å². The van der Waals surface area contributed by atoms with Crippen LogP contribution in [0.15, 0.2) is 0 Å². The second kappa shape index (κ2) is 6.49. The van der Waals surface area contributed by atoms with Crippen LogP contribution in [0, 0.1) is 11.3 Å². The fourth-order valence-electron chi connectivity index (χ4n) is 1.74. The Hall–Kier alpha value is -0.0800. The molecule has 0 aliphatic carbocycles. The van der Waals surface area contributed by atoms with E-state index in [4.69, 9.17) is 5.73 Å². The molecule has 0 aromatic rings. The number of nitrogens with zero attached hydrogens (tertiary/aromatic N) is 1. The smallest absolute Gasteiger partial charge is 0.00501 e. The van der Waals surface area contributed by atoms with Crippen molar-refractivity contribution in [2.24, 2.45) is 17.1 Å². The first-order chi connectivity index (χ1) is 6.84. The molecule has 0 saturated heterocycles. The van der Waals surface area contributed by atoms with Crippen LogP contribution in [-0.2, 0) is 0 Å². The van der Waals surface area contributed by atoms with Gasteiger partial charge in [-0.15, -0.1) is 0 Å². The molecule has 0 bridgehead atoms. The summed E-state index contributed by atoms with van der Waals surface area (Å²) in [6.07, 6.45) is 1.16. The van der Waals surface area contributed by atoms with Crippen LogP contribution in [0.1, 0.15) is 48.0 Å². The largest absolute Gasteiger partial charge is 0.330 e. The summed E-state index contributed by atoms with van der Waals surface area (Å²) in [6.45, 7) is 16.7. The Kier molecular flexibility index (Phi) is 6.46. The van der Waals surface area contributed by atoms with E-state index < -0.39 is 0 Å². The second-order valence-electron chi connectivity index (χ2n) is 5.79. The number of hydrogen-bond donors (Lipinski definition) is 1. The first-order valence-corrected chi connectivity index (χ1v) is 6.28. The quantitative estimate of drug-likeness (QED) is 0.706. The summed E-state index contributed by atoms with van der Waals surface area (Å²) in [6, 6.07) is 0.616. The highest BCUT2D eigenvalue weighted by Gasteiger charge is 2.25. The Morgan fingerprint density at radius 1 is 1.20 bits per heavy atom. The van der Waals surface area contributed by atoms with Gasteiger partial charge in [0.25, 0.3) is 0 Å². The highest BCUT2D eigenvalue weighted by atomic mass is 15.2. The maximum Gasteiger partial charge on any atom is 0.00501 e. The van der Waals surface area contributed by atoms with Gasteiger partial charge in [0.2, 0.25) is 0 Å². The third-order valence-corrected chi connectivity index (χ3v) is 3.26. The molecule has 15 heavy (non-hydrogen) atoms. The molecular formula is C13H30N2. The van der Waals surface area contributed by atoms with E-state index in [1.165, 1.54) is 6.54 Å². The molecular weight excluding hydrogens is 184 g/mol. The lowest BCUT2D eigenvalue weighted by molar-refractivity contribution is 0.120. The lowest BCUT2D eigenvalue weighted by Gasteiger charge is -2.37. The van der Waals surface area contributed by atoms with E-state index in [1.54, 1.807) is 0 Å². The molecule has 0 fully saturated rings. The fraction of sp³-hybridized carbons (Fsp3) is 1.00. The summed E-state index contributed by atoms with van der Waals surface area (Å²) in [5.41, 5.74) is 6.15. The normalized spacial score (nSPS) is 16.4. The predicted octanol–water partition coefficient (Wildman–Crippen LogP) is 2.73. The van der Waals surface area contributed by atoms with E-state index in [1.807, 2.05) is 0 Å². The van der Waals surface area contributed by atoms with E-state index in [0.29, 0.717) is 6.04 Å². The van der Waals surface area contributed by atoms with Crippen LogP contribution in [-0.4, -0.2) is 30.6 Å². The van der Waals surface area contributed by atoms with Crippen molar-refractivity contribution in [2.45, 2.75) is 54.0 Å². The number of hydrogen-bond acceptors (Lipinski definition) is 2. The van der Waals surface area contributed by atoms with Crippen molar-refractivity contribution >= 4 is 0 Å². The molecule has 0 saturated carbocycles. The third-order valence-electron chi connectivity index (χ3n) is 3.26. The zero-order valence-corrected chi connectivity index (χ0v) is 11.5. The number of nitrogens with two attached hydrogens (primary N) is 1. The molecule has 2 heteroatoms. The Morgan fingerprint density at radius 2 is 1.73 bits per heavy atom. The third kappa shape index (κ3) is 5.53. The van der Waals surface area contributed by atoms with Gasteiger partial charge in [-0.05, 0) is 38.1 Å². The van der Waals surface area contributed by atoms with Crippen LogP contribution in [0.4, 0.5) is 0 Å². The lowest BCUT2D eigenvalue weighted by Crippen LogP contribution is -2.44.